The van der Waals surface area contributed by atoms with Crippen LogP contribution in [-0.2, 0) is 4.74 Å². The molecule has 2 heterocycles. The highest BCUT2D eigenvalue weighted by Crippen LogP contribution is 2.26. The van der Waals surface area contributed by atoms with Gasteiger partial charge in [-0.1, -0.05) is 11.6 Å². The van der Waals surface area contributed by atoms with E-state index in [1.54, 1.807) is 17.5 Å². The molecule has 1 aromatic carbocycles. The summed E-state index contributed by atoms with van der Waals surface area (Å²) in [5.41, 5.74) is 3.23. The maximum absolute atomic E-state index is 12.9. The van der Waals surface area contributed by atoms with Crippen molar-refractivity contribution in [3.8, 4) is 0 Å². The summed E-state index contributed by atoms with van der Waals surface area (Å²) >= 11 is 9.60. The SMILES string of the molecule is COC(=O)c1ccc(Cl)c(NC(=O)c2c(C)nc3c(C)cc(Br)cn23)c1. The molecule has 0 atom stereocenters. The summed E-state index contributed by atoms with van der Waals surface area (Å²) in [5.74, 6) is -0.890. The molecule has 8 heteroatoms. The van der Waals surface area contributed by atoms with Crippen molar-refractivity contribution in [3.63, 3.8) is 0 Å². The third-order valence-electron chi connectivity index (χ3n) is 3.90. The second-order valence-corrected chi connectivity index (χ2v) is 7.04. The molecule has 0 aliphatic rings. The molecule has 26 heavy (non-hydrogen) atoms. The van der Waals surface area contributed by atoms with Gasteiger partial charge in [-0.3, -0.25) is 9.20 Å². The van der Waals surface area contributed by atoms with Gasteiger partial charge in [0.2, 0.25) is 0 Å². The number of benzene rings is 1. The Balaban J connectivity index is 2.03. The van der Waals surface area contributed by atoms with Crippen LogP contribution in [0.4, 0.5) is 5.69 Å². The largest absolute Gasteiger partial charge is 0.465 e. The Bertz CT molecular complexity index is 1050. The van der Waals surface area contributed by atoms with E-state index in [0.717, 1.165) is 10.0 Å². The number of fused-ring (bicyclic) bond motifs is 1. The minimum atomic E-state index is -0.511. The summed E-state index contributed by atoms with van der Waals surface area (Å²) in [5, 5.41) is 3.06. The molecule has 2 aromatic heterocycles. The molecule has 0 fully saturated rings. The first-order chi connectivity index (χ1) is 12.3. The molecule has 0 unspecified atom stereocenters. The molecule has 6 nitrogen and oxygen atoms in total. The molecule has 0 bridgehead atoms. The zero-order valence-electron chi connectivity index (χ0n) is 14.3. The smallest absolute Gasteiger partial charge is 0.337 e. The summed E-state index contributed by atoms with van der Waals surface area (Å²) < 4.78 is 7.25. The molecule has 134 valence electrons. The number of nitrogens with zero attached hydrogens (tertiary/aromatic N) is 2. The van der Waals surface area contributed by atoms with E-state index in [4.69, 9.17) is 16.3 Å². The van der Waals surface area contributed by atoms with E-state index in [2.05, 4.69) is 26.2 Å². The lowest BCUT2D eigenvalue weighted by molar-refractivity contribution is 0.0600. The first-order valence-electron chi connectivity index (χ1n) is 7.66. The number of amides is 1. The number of methoxy groups -OCH3 is 1. The van der Waals surface area contributed by atoms with Gasteiger partial charge in [-0.2, -0.15) is 0 Å². The number of carbonyl (C=O) groups excluding carboxylic acids is 2. The van der Waals surface area contributed by atoms with Gasteiger partial charge < -0.3 is 10.1 Å². The predicted molar refractivity (Wildman–Crippen MR) is 103 cm³/mol. The number of halogens is 2. The monoisotopic (exact) mass is 435 g/mol. The quantitative estimate of drug-likeness (QED) is 0.617. The number of carbonyl (C=O) groups is 2. The van der Waals surface area contributed by atoms with Crippen LogP contribution in [0, 0.1) is 13.8 Å². The van der Waals surface area contributed by atoms with Crippen LogP contribution in [-0.4, -0.2) is 28.4 Å². The number of anilines is 1. The van der Waals surface area contributed by atoms with Crippen molar-refractivity contribution in [2.24, 2.45) is 0 Å². The average Bonchev–Trinajstić information content (AvgIpc) is 2.92. The first-order valence-corrected chi connectivity index (χ1v) is 8.83. The average molecular weight is 437 g/mol. The highest BCUT2D eigenvalue weighted by molar-refractivity contribution is 9.10. The fourth-order valence-corrected chi connectivity index (χ4v) is 3.42. The summed E-state index contributed by atoms with van der Waals surface area (Å²) in [6.07, 6.45) is 1.78. The van der Waals surface area contributed by atoms with Crippen LogP contribution in [0.1, 0.15) is 32.1 Å². The Kier molecular flexibility index (Phi) is 5.02. The first kappa shape index (κ1) is 18.4. The van der Waals surface area contributed by atoms with E-state index >= 15 is 0 Å². The Morgan fingerprint density at radius 2 is 2.00 bits per heavy atom. The second kappa shape index (κ2) is 7.09. The van der Waals surface area contributed by atoms with Crippen LogP contribution < -0.4 is 5.32 Å². The maximum atomic E-state index is 12.9. The van der Waals surface area contributed by atoms with Gasteiger partial charge >= 0.3 is 5.97 Å². The molecule has 3 rings (SSSR count). The molecule has 1 amide bonds. The van der Waals surface area contributed by atoms with Gasteiger partial charge in [0.05, 0.1) is 29.1 Å². The molecule has 1 N–H and O–H groups in total. The van der Waals surface area contributed by atoms with Gasteiger partial charge in [0, 0.05) is 10.7 Å². The molecule has 0 spiro atoms. The summed E-state index contributed by atoms with van der Waals surface area (Å²) in [4.78, 5) is 29.0. The maximum Gasteiger partial charge on any atom is 0.337 e. The lowest BCUT2D eigenvalue weighted by Crippen LogP contribution is -2.16. The molecule has 0 saturated heterocycles. The Morgan fingerprint density at radius 3 is 2.69 bits per heavy atom. The van der Waals surface area contributed by atoms with E-state index < -0.39 is 5.97 Å². The Morgan fingerprint density at radius 1 is 1.27 bits per heavy atom. The number of ether oxygens (including phenoxy) is 1. The van der Waals surface area contributed by atoms with Crippen molar-refractivity contribution in [2.45, 2.75) is 13.8 Å². The number of aromatic nitrogens is 2. The third-order valence-corrected chi connectivity index (χ3v) is 4.66. The number of pyridine rings is 1. The molecule has 3 aromatic rings. The third kappa shape index (κ3) is 3.32. The number of hydrogen-bond donors (Lipinski definition) is 1. The normalized spacial score (nSPS) is 10.8. The van der Waals surface area contributed by atoms with E-state index in [9.17, 15) is 9.59 Å². The Hall–Kier alpha value is -2.38. The van der Waals surface area contributed by atoms with Gasteiger partial charge in [0.15, 0.2) is 0 Å². The molecule has 0 aliphatic carbocycles. The van der Waals surface area contributed by atoms with E-state index in [1.165, 1.54) is 25.3 Å². The highest BCUT2D eigenvalue weighted by atomic mass is 79.9. The number of nitrogens with one attached hydrogen (secondary N) is 1. The van der Waals surface area contributed by atoms with Crippen molar-refractivity contribution in [1.82, 2.24) is 9.38 Å². The number of rotatable bonds is 3. The number of esters is 1. The second-order valence-electron chi connectivity index (χ2n) is 5.72. The van der Waals surface area contributed by atoms with E-state index in [0.29, 0.717) is 33.3 Å². The number of aryl methyl sites for hydroxylation is 2. The van der Waals surface area contributed by atoms with Crippen molar-refractivity contribution in [2.75, 3.05) is 12.4 Å². The minimum Gasteiger partial charge on any atom is -0.465 e. The van der Waals surface area contributed by atoms with Crippen LogP contribution in [0.5, 0.6) is 0 Å². The minimum absolute atomic E-state index is 0.292. The van der Waals surface area contributed by atoms with Gasteiger partial charge in [-0.15, -0.1) is 0 Å². The van der Waals surface area contributed by atoms with E-state index in [1.807, 2.05) is 13.0 Å². The van der Waals surface area contributed by atoms with Crippen molar-refractivity contribution < 1.29 is 14.3 Å². The lowest BCUT2D eigenvalue weighted by atomic mass is 10.2. The van der Waals surface area contributed by atoms with Crippen LogP contribution in [0.2, 0.25) is 5.02 Å². The van der Waals surface area contributed by atoms with Crippen LogP contribution in [0.15, 0.2) is 34.9 Å². The zero-order chi connectivity index (χ0) is 19.0. The lowest BCUT2D eigenvalue weighted by Gasteiger charge is -2.10. The van der Waals surface area contributed by atoms with Crippen molar-refractivity contribution >= 4 is 50.7 Å². The van der Waals surface area contributed by atoms with Gasteiger partial charge in [0.25, 0.3) is 5.91 Å². The molecule has 0 radical (unpaired) electrons. The zero-order valence-corrected chi connectivity index (χ0v) is 16.6. The predicted octanol–water partition coefficient (Wildman–Crippen LogP) is 4.41. The molecular weight excluding hydrogens is 422 g/mol. The van der Waals surface area contributed by atoms with E-state index in [-0.39, 0.29) is 5.91 Å². The number of imidazole rings is 1. The standard InChI is InChI=1S/C18H15BrClN3O3/c1-9-6-12(19)8-23-15(10(2)21-16(9)23)17(24)22-14-7-11(18(25)26-3)4-5-13(14)20/h4-8H,1-3H3,(H,22,24). The summed E-state index contributed by atoms with van der Waals surface area (Å²) in [7, 11) is 1.29. The number of hydrogen-bond acceptors (Lipinski definition) is 4. The summed E-state index contributed by atoms with van der Waals surface area (Å²) in [6, 6.07) is 6.47. The van der Waals surface area contributed by atoms with Crippen molar-refractivity contribution in [1.29, 1.82) is 0 Å². The summed E-state index contributed by atoms with van der Waals surface area (Å²) in [6.45, 7) is 3.69. The molecule has 0 aliphatic heterocycles. The van der Waals surface area contributed by atoms with Gasteiger partial charge in [-0.05, 0) is 59.6 Å². The van der Waals surface area contributed by atoms with Crippen molar-refractivity contribution in [3.05, 3.63) is 62.5 Å². The highest BCUT2D eigenvalue weighted by Gasteiger charge is 2.20. The van der Waals surface area contributed by atoms with Gasteiger partial charge in [-0.25, -0.2) is 9.78 Å². The van der Waals surface area contributed by atoms with Gasteiger partial charge in [0.1, 0.15) is 11.3 Å². The molecule has 0 saturated carbocycles. The van der Waals surface area contributed by atoms with Crippen LogP contribution in [0.25, 0.3) is 5.65 Å². The fourth-order valence-electron chi connectivity index (χ4n) is 2.70. The topological polar surface area (TPSA) is 72.7 Å². The van der Waals surface area contributed by atoms with Crippen LogP contribution >= 0.6 is 27.5 Å². The molecular formula is C18H15BrClN3O3. The Labute approximate surface area is 163 Å². The van der Waals surface area contributed by atoms with Crippen LogP contribution in [0.3, 0.4) is 0 Å². The fraction of sp³-hybridized carbons (Fsp3) is 0.167.